The summed E-state index contributed by atoms with van der Waals surface area (Å²) < 4.78 is 0. The predicted octanol–water partition coefficient (Wildman–Crippen LogP) is 3.92. The van der Waals surface area contributed by atoms with Crippen molar-refractivity contribution in [2.24, 2.45) is 11.3 Å². The number of nitriles is 1. The summed E-state index contributed by atoms with van der Waals surface area (Å²) in [6.07, 6.45) is 3.75. The molecule has 2 nitrogen and oxygen atoms in total. The van der Waals surface area contributed by atoms with Crippen LogP contribution in [0.3, 0.4) is 0 Å². The molecule has 0 saturated heterocycles. The second-order valence-corrected chi connectivity index (χ2v) is 6.28. The summed E-state index contributed by atoms with van der Waals surface area (Å²) in [5.41, 5.74) is 0.212. The molecule has 1 N–H and O–H groups in total. The van der Waals surface area contributed by atoms with Gasteiger partial charge in [0.05, 0.1) is 11.5 Å². The second kappa shape index (κ2) is 4.98. The first kappa shape index (κ1) is 14.1. The van der Waals surface area contributed by atoms with Gasteiger partial charge >= 0.3 is 0 Å². The second-order valence-electron chi connectivity index (χ2n) is 6.28. The first-order chi connectivity index (χ1) is 8.93. The van der Waals surface area contributed by atoms with Crippen LogP contribution in [-0.2, 0) is 5.60 Å². The van der Waals surface area contributed by atoms with Crippen molar-refractivity contribution >= 4 is 0 Å². The van der Waals surface area contributed by atoms with Gasteiger partial charge in [-0.25, -0.2) is 0 Å². The maximum Gasteiger partial charge on any atom is 0.106 e. The molecule has 3 atom stereocenters. The van der Waals surface area contributed by atoms with Crippen molar-refractivity contribution in [3.63, 3.8) is 0 Å². The molecule has 0 amide bonds. The lowest BCUT2D eigenvalue weighted by atomic mass is 9.60. The smallest absolute Gasteiger partial charge is 0.106 e. The number of rotatable bonds is 2. The lowest BCUT2D eigenvalue weighted by molar-refractivity contribution is -0.0724. The van der Waals surface area contributed by atoms with E-state index in [-0.39, 0.29) is 0 Å². The number of hydrogen-bond donors (Lipinski definition) is 1. The molecule has 1 saturated carbocycles. The molecule has 102 valence electrons. The maximum atomic E-state index is 11.1. The van der Waals surface area contributed by atoms with Crippen molar-refractivity contribution < 1.29 is 5.11 Å². The molecular weight excluding hydrogens is 234 g/mol. The highest BCUT2D eigenvalue weighted by Gasteiger charge is 2.50. The summed E-state index contributed by atoms with van der Waals surface area (Å²) in [5, 5.41) is 20.9. The lowest BCUT2D eigenvalue weighted by Crippen LogP contribution is -2.46. The summed E-state index contributed by atoms with van der Waals surface area (Å²) in [7, 11) is 0. The molecule has 1 fully saturated rings. The Balaban J connectivity index is 2.47. The van der Waals surface area contributed by atoms with Crippen LogP contribution in [0.2, 0.25) is 0 Å². The van der Waals surface area contributed by atoms with Gasteiger partial charge in [0, 0.05) is 0 Å². The van der Waals surface area contributed by atoms with E-state index in [9.17, 15) is 10.4 Å². The van der Waals surface area contributed by atoms with Crippen molar-refractivity contribution in [1.82, 2.24) is 0 Å². The van der Waals surface area contributed by atoms with Crippen molar-refractivity contribution in [3.8, 4) is 6.07 Å². The van der Waals surface area contributed by atoms with Gasteiger partial charge < -0.3 is 5.11 Å². The van der Waals surface area contributed by atoms with Gasteiger partial charge in [0.25, 0.3) is 0 Å². The Morgan fingerprint density at radius 1 is 1.42 bits per heavy atom. The van der Waals surface area contributed by atoms with Gasteiger partial charge in [-0.1, -0.05) is 44.0 Å². The van der Waals surface area contributed by atoms with E-state index >= 15 is 0 Å². The van der Waals surface area contributed by atoms with Crippen LogP contribution in [-0.4, -0.2) is 5.11 Å². The lowest BCUT2D eigenvalue weighted by Gasteiger charge is -2.45. The summed E-state index contributed by atoms with van der Waals surface area (Å²) in [6.45, 7) is 6.00. The largest absolute Gasteiger partial charge is 0.384 e. The van der Waals surface area contributed by atoms with E-state index in [1.54, 1.807) is 0 Å². The Bertz CT molecular complexity index is 500. The summed E-state index contributed by atoms with van der Waals surface area (Å²) in [5.74, 6) is 0.504. The van der Waals surface area contributed by atoms with Crippen LogP contribution in [0.5, 0.6) is 0 Å². The maximum absolute atomic E-state index is 11.1. The van der Waals surface area contributed by atoms with Crippen LogP contribution >= 0.6 is 0 Å². The van der Waals surface area contributed by atoms with Gasteiger partial charge in [-0.05, 0) is 43.7 Å². The van der Waals surface area contributed by atoms with Crippen LogP contribution in [0.25, 0.3) is 0 Å². The third kappa shape index (κ3) is 2.28. The number of nitrogens with zero attached hydrogens (tertiary/aromatic N) is 1. The fraction of sp³-hybridized carbons (Fsp3) is 0.588. The number of aliphatic hydroxyl groups is 1. The molecule has 2 heteroatoms. The Morgan fingerprint density at radius 3 is 2.68 bits per heavy atom. The van der Waals surface area contributed by atoms with Gasteiger partial charge in [-0.2, -0.15) is 5.26 Å². The Labute approximate surface area is 116 Å². The van der Waals surface area contributed by atoms with Crippen molar-refractivity contribution in [3.05, 3.63) is 35.4 Å². The SMILES string of the molecule is Cc1ccccc1C(C)(O)C1(C#N)CCCC(C)C1. The molecule has 1 aromatic rings. The third-order valence-electron chi connectivity index (χ3n) is 4.81. The van der Waals surface area contributed by atoms with Gasteiger partial charge in [0.15, 0.2) is 0 Å². The van der Waals surface area contributed by atoms with Crippen LogP contribution in [0.4, 0.5) is 0 Å². The zero-order valence-electron chi connectivity index (χ0n) is 12.1. The van der Waals surface area contributed by atoms with E-state index in [1.807, 2.05) is 38.1 Å². The van der Waals surface area contributed by atoms with E-state index in [1.165, 1.54) is 0 Å². The molecule has 1 aromatic carbocycles. The fourth-order valence-corrected chi connectivity index (χ4v) is 3.58. The molecular formula is C17H23NO. The first-order valence-corrected chi connectivity index (χ1v) is 7.13. The van der Waals surface area contributed by atoms with Crippen molar-refractivity contribution in [2.75, 3.05) is 0 Å². The highest BCUT2D eigenvalue weighted by Crippen LogP contribution is 2.51. The normalized spacial score (nSPS) is 30.4. The Morgan fingerprint density at radius 2 is 2.11 bits per heavy atom. The molecule has 0 bridgehead atoms. The average Bonchev–Trinajstić information content (AvgIpc) is 2.38. The average molecular weight is 257 g/mol. The summed E-state index contributed by atoms with van der Waals surface area (Å²) in [4.78, 5) is 0. The van der Waals surface area contributed by atoms with Gasteiger partial charge in [0.2, 0.25) is 0 Å². The predicted molar refractivity (Wildman–Crippen MR) is 76.4 cm³/mol. The van der Waals surface area contributed by atoms with Crippen LogP contribution in [0.1, 0.15) is 50.7 Å². The third-order valence-corrected chi connectivity index (χ3v) is 4.81. The van der Waals surface area contributed by atoms with E-state index in [2.05, 4.69) is 13.0 Å². The fourth-order valence-electron chi connectivity index (χ4n) is 3.58. The zero-order valence-corrected chi connectivity index (χ0v) is 12.1. The van der Waals surface area contributed by atoms with E-state index in [0.717, 1.165) is 36.8 Å². The topological polar surface area (TPSA) is 44.0 Å². The van der Waals surface area contributed by atoms with Gasteiger partial charge in [-0.3, -0.25) is 0 Å². The highest BCUT2D eigenvalue weighted by atomic mass is 16.3. The highest BCUT2D eigenvalue weighted by molar-refractivity contribution is 5.35. The van der Waals surface area contributed by atoms with Crippen molar-refractivity contribution in [1.29, 1.82) is 5.26 Å². The molecule has 0 heterocycles. The number of hydrogen-bond acceptors (Lipinski definition) is 2. The molecule has 0 aliphatic heterocycles. The quantitative estimate of drug-likeness (QED) is 0.872. The molecule has 0 aromatic heterocycles. The number of aryl methyl sites for hydroxylation is 1. The molecule has 19 heavy (non-hydrogen) atoms. The minimum atomic E-state index is -1.08. The standard InChI is InChI=1S/C17H23NO/c1-13-7-6-10-17(11-13,12-18)16(3,19)15-9-5-4-8-14(15)2/h4-5,8-9,13,19H,6-7,10-11H2,1-3H3. The van der Waals surface area contributed by atoms with Gasteiger partial charge in [0.1, 0.15) is 5.60 Å². The van der Waals surface area contributed by atoms with Crippen molar-refractivity contribution in [2.45, 2.75) is 52.1 Å². The Hall–Kier alpha value is -1.33. The monoisotopic (exact) mass is 257 g/mol. The van der Waals surface area contributed by atoms with Crippen LogP contribution in [0, 0.1) is 29.6 Å². The Kier molecular flexibility index (Phi) is 3.69. The van der Waals surface area contributed by atoms with E-state index < -0.39 is 11.0 Å². The zero-order chi connectivity index (χ0) is 14.1. The molecule has 3 unspecified atom stereocenters. The van der Waals surface area contributed by atoms with Crippen LogP contribution in [0.15, 0.2) is 24.3 Å². The number of benzene rings is 1. The molecule has 1 aliphatic rings. The first-order valence-electron chi connectivity index (χ1n) is 7.13. The molecule has 1 aliphatic carbocycles. The van der Waals surface area contributed by atoms with Gasteiger partial charge in [-0.15, -0.1) is 0 Å². The van der Waals surface area contributed by atoms with E-state index in [0.29, 0.717) is 5.92 Å². The summed E-state index contributed by atoms with van der Waals surface area (Å²) >= 11 is 0. The molecule has 0 radical (unpaired) electrons. The summed E-state index contributed by atoms with van der Waals surface area (Å²) in [6, 6.07) is 10.3. The molecule has 0 spiro atoms. The molecule has 2 rings (SSSR count). The van der Waals surface area contributed by atoms with Crippen LogP contribution < -0.4 is 0 Å². The minimum Gasteiger partial charge on any atom is -0.384 e. The minimum absolute atomic E-state index is 0.504. The van der Waals surface area contributed by atoms with E-state index in [4.69, 9.17) is 0 Å².